The van der Waals surface area contributed by atoms with Crippen molar-refractivity contribution in [1.82, 2.24) is 10.2 Å². The summed E-state index contributed by atoms with van der Waals surface area (Å²) in [6.07, 6.45) is 1.12. The molecule has 1 fully saturated rings. The smallest absolute Gasteiger partial charge is 0.0594 e. The van der Waals surface area contributed by atoms with Gasteiger partial charge in [-0.3, -0.25) is 4.90 Å². The van der Waals surface area contributed by atoms with Crippen LogP contribution >= 0.6 is 0 Å². The Hall–Kier alpha value is -0.160. The van der Waals surface area contributed by atoms with Gasteiger partial charge in [0.1, 0.15) is 0 Å². The van der Waals surface area contributed by atoms with E-state index in [1.165, 1.54) is 6.54 Å². The predicted octanol–water partition coefficient (Wildman–Crippen LogP) is 1.85. The van der Waals surface area contributed by atoms with Crippen molar-refractivity contribution in [3.63, 3.8) is 0 Å². The Morgan fingerprint density at radius 3 is 2.50 bits per heavy atom. The van der Waals surface area contributed by atoms with E-state index in [2.05, 4.69) is 31.0 Å². The first-order valence-corrected chi connectivity index (χ1v) is 7.20. The Kier molecular flexibility index (Phi) is 13.2. The number of morpholine rings is 1. The van der Waals surface area contributed by atoms with E-state index < -0.39 is 0 Å². The van der Waals surface area contributed by atoms with Gasteiger partial charge in [-0.2, -0.15) is 0 Å². The van der Waals surface area contributed by atoms with Gasteiger partial charge in [0.25, 0.3) is 0 Å². The topological polar surface area (TPSA) is 33.7 Å². The van der Waals surface area contributed by atoms with Gasteiger partial charge < -0.3 is 14.8 Å². The van der Waals surface area contributed by atoms with Crippen LogP contribution in [0.5, 0.6) is 0 Å². The van der Waals surface area contributed by atoms with Gasteiger partial charge in [-0.15, -0.1) is 0 Å². The monoisotopic (exact) mass is 262 g/mol. The van der Waals surface area contributed by atoms with E-state index >= 15 is 0 Å². The second-order valence-corrected chi connectivity index (χ2v) is 5.01. The largest absolute Gasteiger partial charge is 0.385 e. The zero-order valence-corrected chi connectivity index (χ0v) is 12.7. The fourth-order valence-corrected chi connectivity index (χ4v) is 1.82. The minimum absolute atomic E-state index is 0. The van der Waals surface area contributed by atoms with Crippen molar-refractivity contribution in [1.29, 1.82) is 0 Å². The maximum Gasteiger partial charge on any atom is 0.0594 e. The summed E-state index contributed by atoms with van der Waals surface area (Å²) >= 11 is 0. The molecule has 0 aromatic carbocycles. The fraction of sp³-hybridized carbons (Fsp3) is 1.00. The molecule has 1 heterocycles. The van der Waals surface area contributed by atoms with Gasteiger partial charge in [0.05, 0.1) is 13.2 Å². The van der Waals surface area contributed by atoms with E-state index in [4.69, 9.17) is 9.47 Å². The highest BCUT2D eigenvalue weighted by Gasteiger charge is 2.10. The van der Waals surface area contributed by atoms with Crippen LogP contribution in [-0.2, 0) is 9.47 Å². The highest BCUT2D eigenvalue weighted by atomic mass is 16.5. The highest BCUT2D eigenvalue weighted by molar-refractivity contribution is 4.62. The quantitative estimate of drug-likeness (QED) is 0.710. The molecule has 1 saturated heterocycles. The normalized spacial score (nSPS) is 16.5. The van der Waals surface area contributed by atoms with E-state index in [1.807, 2.05) is 0 Å². The summed E-state index contributed by atoms with van der Waals surface area (Å²) in [7, 11) is 1.73. The molecule has 4 nitrogen and oxygen atoms in total. The summed E-state index contributed by atoms with van der Waals surface area (Å²) < 4.78 is 10.1. The molecular formula is C14H34N2O2. The molecule has 0 amide bonds. The molecule has 0 unspecified atom stereocenters. The molecule has 0 radical (unpaired) electrons. The van der Waals surface area contributed by atoms with E-state index in [-0.39, 0.29) is 1.43 Å². The van der Waals surface area contributed by atoms with Crippen LogP contribution in [0.1, 0.15) is 28.6 Å². The van der Waals surface area contributed by atoms with Crippen LogP contribution in [0.15, 0.2) is 0 Å². The van der Waals surface area contributed by atoms with Crippen LogP contribution in [0.4, 0.5) is 0 Å². The Morgan fingerprint density at radius 1 is 1.33 bits per heavy atom. The second-order valence-electron chi connectivity index (χ2n) is 5.01. The summed E-state index contributed by atoms with van der Waals surface area (Å²) in [5, 5.41) is 3.20. The van der Waals surface area contributed by atoms with Crippen LogP contribution in [0.2, 0.25) is 0 Å². The Bertz CT molecular complexity index is 160. The summed E-state index contributed by atoms with van der Waals surface area (Å²) in [6.45, 7) is 14.9. The lowest BCUT2D eigenvalue weighted by Crippen LogP contribution is -2.38. The van der Waals surface area contributed by atoms with Crippen molar-refractivity contribution in [2.75, 3.05) is 59.7 Å². The maximum absolute atomic E-state index is 5.24. The number of ether oxygens (including phenoxy) is 2. The van der Waals surface area contributed by atoms with Gasteiger partial charge in [-0.1, -0.05) is 20.8 Å². The van der Waals surface area contributed by atoms with E-state index in [0.717, 1.165) is 58.3 Å². The number of nitrogens with one attached hydrogen (secondary N) is 1. The lowest BCUT2D eigenvalue weighted by molar-refractivity contribution is 0.0329. The Labute approximate surface area is 115 Å². The Balaban J connectivity index is 0. The minimum atomic E-state index is 0. The molecule has 112 valence electrons. The molecule has 1 N–H and O–H groups in total. The molecule has 0 bridgehead atoms. The molecule has 1 aliphatic rings. The first-order valence-electron chi connectivity index (χ1n) is 7.20. The number of methoxy groups -OCH3 is 1. The molecule has 0 spiro atoms. The van der Waals surface area contributed by atoms with Crippen LogP contribution < -0.4 is 5.32 Å². The first-order chi connectivity index (χ1) is 8.70. The molecule has 0 atom stereocenters. The molecule has 0 aliphatic carbocycles. The number of nitrogens with zero attached hydrogens (tertiary/aromatic N) is 1. The number of hydrogen-bond donors (Lipinski definition) is 1. The van der Waals surface area contributed by atoms with Gasteiger partial charge in [-0.25, -0.2) is 0 Å². The summed E-state index contributed by atoms with van der Waals surface area (Å²) in [5.74, 6) is 0.790. The first kappa shape index (κ1) is 17.8. The van der Waals surface area contributed by atoms with Gasteiger partial charge in [0, 0.05) is 34.8 Å². The predicted molar refractivity (Wildman–Crippen MR) is 79.2 cm³/mol. The second kappa shape index (κ2) is 13.3. The molecular weight excluding hydrogens is 228 g/mol. The standard InChI is InChI=1S/C8H17NO.C6H15NO.H2/c1-8(2)7-9-3-5-10-6-4-9;1-3-7-5-4-6-8-2;/h8H,3-7H2,1-2H3;7H,3-6H2,1-2H3;1H. The summed E-state index contributed by atoms with van der Waals surface area (Å²) in [6, 6.07) is 0. The number of hydrogen-bond acceptors (Lipinski definition) is 4. The molecule has 1 rings (SSSR count). The van der Waals surface area contributed by atoms with Gasteiger partial charge >= 0.3 is 0 Å². The third-order valence-corrected chi connectivity index (χ3v) is 2.68. The zero-order chi connectivity index (χ0) is 13.6. The molecule has 0 saturated carbocycles. The van der Waals surface area contributed by atoms with E-state index in [0.29, 0.717) is 0 Å². The Morgan fingerprint density at radius 2 is 2.00 bits per heavy atom. The maximum atomic E-state index is 5.24. The van der Waals surface area contributed by atoms with Crippen molar-refractivity contribution in [2.45, 2.75) is 27.2 Å². The fourth-order valence-electron chi connectivity index (χ4n) is 1.82. The summed E-state index contributed by atoms with van der Waals surface area (Å²) in [4.78, 5) is 2.47. The third kappa shape index (κ3) is 12.3. The van der Waals surface area contributed by atoms with Crippen LogP contribution in [0.3, 0.4) is 0 Å². The van der Waals surface area contributed by atoms with Crippen molar-refractivity contribution in [3.8, 4) is 0 Å². The molecule has 0 aromatic rings. The van der Waals surface area contributed by atoms with Crippen LogP contribution in [0.25, 0.3) is 0 Å². The summed E-state index contributed by atoms with van der Waals surface area (Å²) in [5.41, 5.74) is 0. The molecule has 0 aromatic heterocycles. The van der Waals surface area contributed by atoms with Crippen LogP contribution in [0, 0.1) is 5.92 Å². The molecule has 18 heavy (non-hydrogen) atoms. The van der Waals surface area contributed by atoms with Gasteiger partial charge in [0.2, 0.25) is 0 Å². The van der Waals surface area contributed by atoms with Crippen molar-refractivity contribution in [2.24, 2.45) is 5.92 Å². The third-order valence-electron chi connectivity index (χ3n) is 2.68. The molecule has 1 aliphatic heterocycles. The van der Waals surface area contributed by atoms with Crippen molar-refractivity contribution < 1.29 is 10.9 Å². The zero-order valence-electron chi connectivity index (χ0n) is 12.7. The van der Waals surface area contributed by atoms with Gasteiger partial charge in [0.15, 0.2) is 0 Å². The average Bonchev–Trinajstić information content (AvgIpc) is 2.36. The number of rotatable bonds is 7. The average molecular weight is 262 g/mol. The van der Waals surface area contributed by atoms with Crippen LogP contribution in [-0.4, -0.2) is 64.6 Å². The lowest BCUT2D eigenvalue weighted by atomic mass is 10.2. The SMILES string of the molecule is CC(C)CN1CCOCC1.CCNCCCOC.[HH]. The molecule has 4 heteroatoms. The van der Waals surface area contributed by atoms with Gasteiger partial charge in [-0.05, 0) is 25.4 Å². The highest BCUT2D eigenvalue weighted by Crippen LogP contribution is 2.01. The van der Waals surface area contributed by atoms with E-state index in [1.54, 1.807) is 7.11 Å². The van der Waals surface area contributed by atoms with Crippen molar-refractivity contribution in [3.05, 3.63) is 0 Å². The lowest BCUT2D eigenvalue weighted by Gasteiger charge is -2.27. The van der Waals surface area contributed by atoms with E-state index in [9.17, 15) is 0 Å². The van der Waals surface area contributed by atoms with Crippen molar-refractivity contribution >= 4 is 0 Å². The minimum Gasteiger partial charge on any atom is -0.385 e.